The summed E-state index contributed by atoms with van der Waals surface area (Å²) in [7, 11) is 0. The predicted molar refractivity (Wildman–Crippen MR) is 166 cm³/mol. The van der Waals surface area contributed by atoms with Crippen molar-refractivity contribution in [3.63, 3.8) is 0 Å². The van der Waals surface area contributed by atoms with E-state index in [9.17, 15) is 8.78 Å². The Balaban J connectivity index is 1.42. The summed E-state index contributed by atoms with van der Waals surface area (Å²) in [5.41, 5.74) is -1.50. The van der Waals surface area contributed by atoms with Crippen LogP contribution in [0.25, 0.3) is 11.9 Å². The highest BCUT2D eigenvalue weighted by atomic mass is 19.4. The lowest BCUT2D eigenvalue weighted by Crippen LogP contribution is -2.50. The van der Waals surface area contributed by atoms with Crippen LogP contribution in [0.1, 0.15) is 55.8 Å². The third-order valence-electron chi connectivity index (χ3n) is 9.41. The van der Waals surface area contributed by atoms with Crippen LogP contribution in [0.2, 0.25) is 0 Å². The van der Waals surface area contributed by atoms with E-state index in [4.69, 9.17) is 4.74 Å². The third kappa shape index (κ3) is 6.96. The standard InChI is InChI=1S/C34H37F6N5O/c1-2-43-16-12-32(13-17-43)11-6-15-45(22-32)31-24(9-10-28(30(31)34(38,39)40)46-25-7-4-3-5-8-25)19-26(35)27-20-41-21-29(42-27)44-18-14-33(36,37)23-44/h3-5,7-10,19-21H,2,6,11-18,22-23H2,1H3/b26-19-. The third-order valence-corrected chi connectivity index (χ3v) is 9.41. The van der Waals surface area contributed by atoms with E-state index in [1.807, 2.05) is 0 Å². The first-order valence-corrected chi connectivity index (χ1v) is 15.7. The van der Waals surface area contributed by atoms with Crippen molar-refractivity contribution < 1.29 is 31.1 Å². The zero-order chi connectivity index (χ0) is 32.5. The molecular formula is C34H37F6N5O. The second-order valence-electron chi connectivity index (χ2n) is 12.5. The minimum Gasteiger partial charge on any atom is -0.457 e. The number of hydrogen-bond acceptors (Lipinski definition) is 6. The van der Waals surface area contributed by atoms with Crippen LogP contribution in [-0.4, -0.2) is 66.6 Å². The van der Waals surface area contributed by atoms with E-state index in [0.717, 1.165) is 51.2 Å². The summed E-state index contributed by atoms with van der Waals surface area (Å²) in [4.78, 5) is 13.6. The molecule has 1 spiro atoms. The minimum atomic E-state index is -4.82. The molecule has 6 nitrogen and oxygen atoms in total. The lowest BCUT2D eigenvalue weighted by Gasteiger charge is -2.49. The van der Waals surface area contributed by atoms with Gasteiger partial charge in [0.25, 0.3) is 5.92 Å². The van der Waals surface area contributed by atoms with E-state index in [-0.39, 0.29) is 52.6 Å². The van der Waals surface area contributed by atoms with E-state index in [1.165, 1.54) is 23.2 Å². The Morgan fingerprint density at radius 1 is 0.913 bits per heavy atom. The van der Waals surface area contributed by atoms with Crippen molar-refractivity contribution in [3.05, 3.63) is 71.7 Å². The van der Waals surface area contributed by atoms with Crippen molar-refractivity contribution in [3.8, 4) is 11.5 Å². The van der Waals surface area contributed by atoms with E-state index >= 15 is 17.6 Å². The van der Waals surface area contributed by atoms with Crippen molar-refractivity contribution in [1.29, 1.82) is 0 Å². The number of piperidine rings is 2. The molecule has 0 aliphatic carbocycles. The maximum atomic E-state index is 15.9. The van der Waals surface area contributed by atoms with Gasteiger partial charge in [0.05, 0.1) is 24.6 Å². The maximum Gasteiger partial charge on any atom is 0.422 e. The molecule has 0 atom stereocenters. The molecule has 0 radical (unpaired) electrons. The Morgan fingerprint density at radius 2 is 1.67 bits per heavy atom. The molecule has 0 unspecified atom stereocenters. The zero-order valence-corrected chi connectivity index (χ0v) is 25.7. The number of benzene rings is 2. The number of likely N-dealkylation sites (tertiary alicyclic amines) is 1. The highest BCUT2D eigenvalue weighted by Gasteiger charge is 2.44. The van der Waals surface area contributed by atoms with Gasteiger partial charge in [-0.3, -0.25) is 4.98 Å². The van der Waals surface area contributed by atoms with Gasteiger partial charge in [0.2, 0.25) is 0 Å². The molecule has 0 N–H and O–H groups in total. The number of rotatable bonds is 7. The molecule has 3 aromatic rings. The first-order chi connectivity index (χ1) is 22.0. The monoisotopic (exact) mass is 645 g/mol. The topological polar surface area (TPSA) is 44.7 Å². The largest absolute Gasteiger partial charge is 0.457 e. The molecule has 12 heteroatoms. The molecule has 3 aliphatic rings. The van der Waals surface area contributed by atoms with Gasteiger partial charge in [0.15, 0.2) is 5.83 Å². The van der Waals surface area contributed by atoms with Crippen LogP contribution < -0.4 is 14.5 Å². The summed E-state index contributed by atoms with van der Waals surface area (Å²) >= 11 is 0. The van der Waals surface area contributed by atoms with Gasteiger partial charge < -0.3 is 19.4 Å². The Labute approximate surface area is 264 Å². The average molecular weight is 646 g/mol. The highest BCUT2D eigenvalue weighted by molar-refractivity contribution is 5.84. The zero-order valence-electron chi connectivity index (χ0n) is 25.7. The van der Waals surface area contributed by atoms with Crippen molar-refractivity contribution in [1.82, 2.24) is 14.9 Å². The van der Waals surface area contributed by atoms with Gasteiger partial charge in [-0.1, -0.05) is 25.1 Å². The van der Waals surface area contributed by atoms with Crippen molar-refractivity contribution in [2.45, 2.75) is 51.1 Å². The van der Waals surface area contributed by atoms with Crippen molar-refractivity contribution >= 4 is 23.4 Å². The van der Waals surface area contributed by atoms with Crippen LogP contribution in [0.15, 0.2) is 54.9 Å². The molecular weight excluding hydrogens is 608 g/mol. The van der Waals surface area contributed by atoms with Crippen LogP contribution in [0, 0.1) is 5.41 Å². The molecule has 3 fully saturated rings. The van der Waals surface area contributed by atoms with E-state index in [1.54, 1.807) is 35.2 Å². The van der Waals surface area contributed by atoms with Crippen LogP contribution >= 0.6 is 0 Å². The van der Waals surface area contributed by atoms with Crippen molar-refractivity contribution in [2.75, 3.05) is 55.6 Å². The molecule has 246 valence electrons. The number of alkyl halides is 5. The fraction of sp³-hybridized carbons (Fsp3) is 0.471. The molecule has 0 saturated carbocycles. The van der Waals surface area contributed by atoms with Gasteiger partial charge in [-0.25, -0.2) is 18.2 Å². The average Bonchev–Trinajstić information content (AvgIpc) is 3.41. The number of anilines is 2. The Kier molecular flexibility index (Phi) is 8.93. The summed E-state index contributed by atoms with van der Waals surface area (Å²) in [6.45, 7) is 5.04. The number of ether oxygens (including phenoxy) is 1. The quantitative estimate of drug-likeness (QED) is 0.241. The Bertz CT molecular complexity index is 1560. The molecule has 6 rings (SSSR count). The predicted octanol–water partition coefficient (Wildman–Crippen LogP) is 8.30. The smallest absolute Gasteiger partial charge is 0.422 e. The number of aromatic nitrogens is 2. The fourth-order valence-corrected chi connectivity index (χ4v) is 6.94. The minimum absolute atomic E-state index is 0.0215. The number of hydrogen-bond donors (Lipinski definition) is 0. The number of para-hydroxylation sites is 1. The second-order valence-corrected chi connectivity index (χ2v) is 12.5. The fourth-order valence-electron chi connectivity index (χ4n) is 6.94. The first-order valence-electron chi connectivity index (χ1n) is 15.7. The highest BCUT2D eigenvalue weighted by Crippen LogP contribution is 2.50. The van der Waals surface area contributed by atoms with E-state index in [2.05, 4.69) is 21.8 Å². The van der Waals surface area contributed by atoms with Crippen LogP contribution in [0.4, 0.5) is 37.8 Å². The number of halogens is 6. The Morgan fingerprint density at radius 3 is 2.35 bits per heavy atom. The maximum absolute atomic E-state index is 15.9. The lowest BCUT2D eigenvalue weighted by molar-refractivity contribution is -0.138. The van der Waals surface area contributed by atoms with E-state index < -0.39 is 30.0 Å². The second kappa shape index (κ2) is 12.8. The Hall–Kier alpha value is -3.80. The molecule has 46 heavy (non-hydrogen) atoms. The number of nitrogens with zero attached hydrogens (tertiary/aromatic N) is 5. The summed E-state index contributed by atoms with van der Waals surface area (Å²) in [5, 5.41) is 0. The normalized spacial score (nSPS) is 20.4. The summed E-state index contributed by atoms with van der Waals surface area (Å²) in [6, 6.07) is 10.9. The van der Waals surface area contributed by atoms with Crippen LogP contribution in [0.5, 0.6) is 11.5 Å². The van der Waals surface area contributed by atoms with Gasteiger partial charge >= 0.3 is 6.18 Å². The molecule has 1 aromatic heterocycles. The van der Waals surface area contributed by atoms with Gasteiger partial charge in [-0.15, -0.1) is 0 Å². The molecule has 3 aliphatic heterocycles. The molecule has 4 heterocycles. The van der Waals surface area contributed by atoms with Gasteiger partial charge in [-0.05, 0) is 81.1 Å². The molecule has 0 bridgehead atoms. The molecule has 2 aromatic carbocycles. The van der Waals surface area contributed by atoms with Crippen molar-refractivity contribution in [2.24, 2.45) is 5.41 Å². The lowest BCUT2D eigenvalue weighted by atomic mass is 9.72. The van der Waals surface area contributed by atoms with E-state index in [0.29, 0.717) is 19.5 Å². The summed E-state index contributed by atoms with van der Waals surface area (Å²) in [5.74, 6) is -3.86. The summed E-state index contributed by atoms with van der Waals surface area (Å²) < 4.78 is 94.8. The van der Waals surface area contributed by atoms with Gasteiger partial charge in [0, 0.05) is 31.6 Å². The van der Waals surface area contributed by atoms with Gasteiger partial charge in [0.1, 0.15) is 28.6 Å². The summed E-state index contributed by atoms with van der Waals surface area (Å²) in [6.07, 6.45) is 1.63. The van der Waals surface area contributed by atoms with Crippen LogP contribution in [0.3, 0.4) is 0 Å². The molecule has 3 saturated heterocycles. The van der Waals surface area contributed by atoms with Gasteiger partial charge in [-0.2, -0.15) is 13.2 Å². The first kappa shape index (κ1) is 32.2. The molecule has 0 amide bonds. The SMILES string of the molecule is CCN1CCC2(CCCN(c3c(/C=C(\F)c4cncc(N5CCC(F)(F)C5)n4)ccc(Oc4ccccc4)c3C(F)(F)F)C2)CC1. The van der Waals surface area contributed by atoms with Crippen LogP contribution in [-0.2, 0) is 6.18 Å².